The van der Waals surface area contributed by atoms with Crippen LogP contribution in [0.15, 0.2) is 16.4 Å². The van der Waals surface area contributed by atoms with E-state index in [1.165, 1.54) is 10.4 Å². The molecule has 0 aliphatic carbocycles. The Morgan fingerprint density at radius 2 is 2.07 bits per heavy atom. The van der Waals surface area contributed by atoms with Crippen LogP contribution in [0.1, 0.15) is 29.7 Å². The minimum Gasteiger partial charge on any atom is -0.385 e. The molecular formula is C20H33IN4O3S. The molecule has 1 aromatic heterocycles. The Morgan fingerprint density at radius 3 is 2.79 bits per heavy atom. The quantitative estimate of drug-likeness (QED) is 0.251. The molecule has 1 fully saturated rings. The zero-order valence-corrected chi connectivity index (χ0v) is 20.5. The first-order valence-corrected chi connectivity index (χ1v) is 11.0. The van der Waals surface area contributed by atoms with Gasteiger partial charge in [-0.15, -0.1) is 35.3 Å². The summed E-state index contributed by atoms with van der Waals surface area (Å²) in [5, 5.41) is 5.37. The minimum absolute atomic E-state index is 0. The average Bonchev–Trinajstić information content (AvgIpc) is 3.20. The molecule has 0 spiro atoms. The summed E-state index contributed by atoms with van der Waals surface area (Å²) in [6.45, 7) is 5.10. The molecule has 164 valence electrons. The molecule has 2 aliphatic rings. The van der Waals surface area contributed by atoms with Crippen molar-refractivity contribution in [1.82, 2.24) is 15.1 Å². The fraction of sp³-hybridized carbons (Fsp3) is 0.700. The molecule has 7 nitrogen and oxygen atoms in total. The van der Waals surface area contributed by atoms with Crippen molar-refractivity contribution in [1.29, 1.82) is 0 Å². The van der Waals surface area contributed by atoms with Crippen LogP contribution in [-0.2, 0) is 27.2 Å². The Morgan fingerprint density at radius 1 is 1.28 bits per heavy atom. The second-order valence-corrected chi connectivity index (χ2v) is 8.24. The summed E-state index contributed by atoms with van der Waals surface area (Å²) in [6, 6.07) is 2.13. The monoisotopic (exact) mass is 536 g/mol. The van der Waals surface area contributed by atoms with E-state index in [1.807, 2.05) is 4.90 Å². The number of halogens is 1. The van der Waals surface area contributed by atoms with Crippen molar-refractivity contribution < 1.29 is 14.3 Å². The Balaban J connectivity index is 0.00000300. The summed E-state index contributed by atoms with van der Waals surface area (Å²) in [5.41, 5.74) is 1.29. The van der Waals surface area contributed by atoms with Gasteiger partial charge in [0.25, 0.3) is 0 Å². The van der Waals surface area contributed by atoms with Gasteiger partial charge >= 0.3 is 0 Å². The van der Waals surface area contributed by atoms with Gasteiger partial charge in [0.05, 0.1) is 12.6 Å². The smallest absolute Gasteiger partial charge is 0.242 e. The number of aliphatic imine (C=N–C) groups is 1. The molecule has 0 aromatic carbocycles. The Bertz CT molecular complexity index is 662. The van der Waals surface area contributed by atoms with E-state index in [0.29, 0.717) is 12.6 Å². The highest BCUT2D eigenvalue weighted by Gasteiger charge is 2.24. The first kappa shape index (κ1) is 24.4. The van der Waals surface area contributed by atoms with Crippen molar-refractivity contribution >= 4 is 47.2 Å². The molecule has 1 N–H and O–H groups in total. The van der Waals surface area contributed by atoms with E-state index in [2.05, 4.69) is 26.7 Å². The van der Waals surface area contributed by atoms with Crippen LogP contribution in [0.3, 0.4) is 0 Å². The fourth-order valence-electron chi connectivity index (χ4n) is 3.75. The summed E-state index contributed by atoms with van der Waals surface area (Å²) in [4.78, 5) is 22.6. The molecular weight excluding hydrogens is 503 g/mol. The van der Waals surface area contributed by atoms with Gasteiger partial charge in [0, 0.05) is 58.4 Å². The predicted octanol–water partition coefficient (Wildman–Crippen LogP) is 2.34. The second kappa shape index (κ2) is 12.7. The highest BCUT2D eigenvalue weighted by atomic mass is 127. The topological polar surface area (TPSA) is 66.4 Å². The lowest BCUT2D eigenvalue weighted by Gasteiger charge is -2.34. The maximum atomic E-state index is 12.6. The molecule has 2 aliphatic heterocycles. The van der Waals surface area contributed by atoms with Gasteiger partial charge in [-0.25, -0.2) is 0 Å². The summed E-state index contributed by atoms with van der Waals surface area (Å²) in [7, 11) is 3.49. The molecule has 0 unspecified atom stereocenters. The fourth-order valence-corrected chi connectivity index (χ4v) is 4.64. The number of fused-ring (bicyclic) bond motifs is 1. The van der Waals surface area contributed by atoms with E-state index in [0.717, 1.165) is 71.0 Å². The molecule has 1 saturated heterocycles. The largest absolute Gasteiger partial charge is 0.385 e. The first-order chi connectivity index (χ1) is 13.7. The number of guanidine groups is 1. The van der Waals surface area contributed by atoms with Gasteiger partial charge < -0.3 is 24.6 Å². The average molecular weight is 536 g/mol. The third-order valence-corrected chi connectivity index (χ3v) is 6.38. The van der Waals surface area contributed by atoms with Crippen molar-refractivity contribution in [2.75, 3.05) is 53.6 Å². The molecule has 0 radical (unpaired) electrons. The van der Waals surface area contributed by atoms with Crippen LogP contribution < -0.4 is 5.32 Å². The van der Waals surface area contributed by atoms with E-state index in [1.54, 1.807) is 25.5 Å². The number of rotatable bonds is 7. The Kier molecular flexibility index (Phi) is 10.7. The Labute approximate surface area is 194 Å². The van der Waals surface area contributed by atoms with Gasteiger partial charge in [-0.3, -0.25) is 9.79 Å². The lowest BCUT2D eigenvalue weighted by molar-refractivity contribution is -0.130. The standard InChI is InChI=1S/C20H32N4O3S.HI/c1-21-20(23-8-4-17(5-9-23)27-12-3-11-26-2)22-14-19(25)24-10-6-18-16(15-24)7-13-28-18;/h7,13,17H,3-6,8-12,14-15H2,1-2H3,(H,21,22);1H. The molecule has 0 saturated carbocycles. The van der Waals surface area contributed by atoms with Crippen molar-refractivity contribution in [3.8, 4) is 0 Å². The van der Waals surface area contributed by atoms with Gasteiger partial charge in [0.1, 0.15) is 0 Å². The predicted molar refractivity (Wildman–Crippen MR) is 127 cm³/mol. The van der Waals surface area contributed by atoms with Crippen molar-refractivity contribution in [2.45, 2.75) is 38.3 Å². The lowest BCUT2D eigenvalue weighted by atomic mass is 10.1. The molecule has 9 heteroatoms. The zero-order valence-electron chi connectivity index (χ0n) is 17.4. The molecule has 1 aromatic rings. The number of hydrogen-bond donors (Lipinski definition) is 1. The zero-order chi connectivity index (χ0) is 19.8. The third kappa shape index (κ3) is 7.08. The molecule has 3 heterocycles. The number of carbonyl (C=O) groups excluding carboxylic acids is 1. The number of methoxy groups -OCH3 is 1. The van der Waals surface area contributed by atoms with E-state index >= 15 is 0 Å². The molecule has 1 amide bonds. The number of piperidine rings is 1. The number of nitrogens with one attached hydrogen (secondary N) is 1. The van der Waals surface area contributed by atoms with Crippen LogP contribution in [0.25, 0.3) is 0 Å². The van der Waals surface area contributed by atoms with Gasteiger partial charge in [-0.05, 0) is 42.7 Å². The highest BCUT2D eigenvalue weighted by Crippen LogP contribution is 2.23. The number of carbonyl (C=O) groups is 1. The van der Waals surface area contributed by atoms with Crippen LogP contribution >= 0.6 is 35.3 Å². The van der Waals surface area contributed by atoms with E-state index < -0.39 is 0 Å². The SMILES string of the molecule is CN=C(NCC(=O)N1CCc2sccc2C1)N1CCC(OCCCOC)CC1.I. The number of hydrogen-bond acceptors (Lipinski definition) is 5. The second-order valence-electron chi connectivity index (χ2n) is 7.24. The van der Waals surface area contributed by atoms with Crippen molar-refractivity contribution in [3.63, 3.8) is 0 Å². The van der Waals surface area contributed by atoms with Gasteiger partial charge in [-0.2, -0.15) is 0 Å². The molecule has 29 heavy (non-hydrogen) atoms. The number of amides is 1. The van der Waals surface area contributed by atoms with Crippen LogP contribution in [0.4, 0.5) is 0 Å². The van der Waals surface area contributed by atoms with E-state index in [-0.39, 0.29) is 29.9 Å². The summed E-state index contributed by atoms with van der Waals surface area (Å²) >= 11 is 1.79. The summed E-state index contributed by atoms with van der Waals surface area (Å²) < 4.78 is 11.0. The highest BCUT2D eigenvalue weighted by molar-refractivity contribution is 14.0. The van der Waals surface area contributed by atoms with Gasteiger partial charge in [-0.1, -0.05) is 0 Å². The normalized spacial score (nSPS) is 17.7. The maximum absolute atomic E-state index is 12.6. The van der Waals surface area contributed by atoms with E-state index in [4.69, 9.17) is 9.47 Å². The molecule has 0 atom stereocenters. The Hall–Kier alpha value is -0.910. The van der Waals surface area contributed by atoms with Crippen molar-refractivity contribution in [3.05, 3.63) is 21.9 Å². The first-order valence-electron chi connectivity index (χ1n) is 10.1. The molecule has 0 bridgehead atoms. The molecule has 3 rings (SSSR count). The van der Waals surface area contributed by atoms with Gasteiger partial charge in [0.2, 0.25) is 5.91 Å². The summed E-state index contributed by atoms with van der Waals surface area (Å²) in [6.07, 6.45) is 4.17. The van der Waals surface area contributed by atoms with Crippen molar-refractivity contribution in [2.24, 2.45) is 4.99 Å². The number of ether oxygens (including phenoxy) is 2. The van der Waals surface area contributed by atoms with Crippen LogP contribution in [0, 0.1) is 0 Å². The minimum atomic E-state index is 0. The van der Waals surface area contributed by atoms with Crippen LogP contribution in [-0.4, -0.2) is 81.3 Å². The third-order valence-electron chi connectivity index (χ3n) is 5.36. The number of nitrogens with zero attached hydrogens (tertiary/aromatic N) is 3. The van der Waals surface area contributed by atoms with Crippen LogP contribution in [0.2, 0.25) is 0 Å². The maximum Gasteiger partial charge on any atom is 0.242 e. The number of likely N-dealkylation sites (tertiary alicyclic amines) is 1. The van der Waals surface area contributed by atoms with Crippen LogP contribution in [0.5, 0.6) is 0 Å². The number of thiophene rings is 1. The van der Waals surface area contributed by atoms with Gasteiger partial charge in [0.15, 0.2) is 5.96 Å². The summed E-state index contributed by atoms with van der Waals surface area (Å²) in [5.74, 6) is 0.939. The van der Waals surface area contributed by atoms with E-state index in [9.17, 15) is 4.79 Å². The lowest BCUT2D eigenvalue weighted by Crippen LogP contribution is -2.50.